The SMILES string of the molecule is Cc1nc2nc(SCC(=O)N3CCc4ccccc4C3)nn2c(C)c1C. The zero-order valence-electron chi connectivity index (χ0n) is 15.2. The lowest BCUT2D eigenvalue weighted by Gasteiger charge is -2.28. The van der Waals surface area contributed by atoms with Gasteiger partial charge in [0.15, 0.2) is 0 Å². The highest BCUT2D eigenvalue weighted by Gasteiger charge is 2.21. The molecule has 0 fully saturated rings. The first kappa shape index (κ1) is 17.0. The Bertz CT molecular complexity index is 997. The Balaban J connectivity index is 1.45. The third-order valence-corrected chi connectivity index (χ3v) is 5.87. The molecule has 1 aliphatic rings. The molecular weight excluding hydrogens is 346 g/mol. The number of aromatic nitrogens is 4. The van der Waals surface area contributed by atoms with Gasteiger partial charge in [-0.2, -0.15) is 4.98 Å². The number of nitrogens with zero attached hydrogens (tertiary/aromatic N) is 5. The van der Waals surface area contributed by atoms with Crippen molar-refractivity contribution in [3.05, 3.63) is 52.3 Å². The lowest BCUT2D eigenvalue weighted by molar-refractivity contribution is -0.129. The minimum atomic E-state index is 0.125. The van der Waals surface area contributed by atoms with Crippen LogP contribution in [0.3, 0.4) is 0 Å². The summed E-state index contributed by atoms with van der Waals surface area (Å²) in [5.41, 5.74) is 5.70. The van der Waals surface area contributed by atoms with Crippen LogP contribution in [0.2, 0.25) is 0 Å². The zero-order chi connectivity index (χ0) is 18.3. The first-order valence-electron chi connectivity index (χ1n) is 8.71. The van der Waals surface area contributed by atoms with Crippen molar-refractivity contribution in [1.82, 2.24) is 24.5 Å². The van der Waals surface area contributed by atoms with Gasteiger partial charge in [-0.3, -0.25) is 4.79 Å². The van der Waals surface area contributed by atoms with Gasteiger partial charge >= 0.3 is 0 Å². The normalized spacial score (nSPS) is 13.9. The fraction of sp³-hybridized carbons (Fsp3) is 0.368. The molecule has 1 aliphatic heterocycles. The second-order valence-electron chi connectivity index (χ2n) is 6.64. The quantitative estimate of drug-likeness (QED) is 0.666. The Morgan fingerprint density at radius 2 is 1.92 bits per heavy atom. The van der Waals surface area contributed by atoms with E-state index in [0.717, 1.165) is 29.9 Å². The molecule has 0 unspecified atom stereocenters. The smallest absolute Gasteiger partial charge is 0.253 e. The molecule has 0 atom stereocenters. The fourth-order valence-corrected chi connectivity index (χ4v) is 3.95. The van der Waals surface area contributed by atoms with Crippen LogP contribution in [0.25, 0.3) is 5.78 Å². The standard InChI is InChI=1S/C19H21N5OS/c1-12-13(2)20-18-21-19(22-24(18)14(12)3)26-11-17(25)23-9-8-15-6-4-5-7-16(15)10-23/h4-7H,8-11H2,1-3H3. The van der Waals surface area contributed by atoms with Gasteiger partial charge in [0.1, 0.15) is 0 Å². The van der Waals surface area contributed by atoms with Crippen molar-refractivity contribution < 1.29 is 4.79 Å². The molecule has 6 nitrogen and oxygen atoms in total. The van der Waals surface area contributed by atoms with Gasteiger partial charge in [-0.05, 0) is 43.9 Å². The van der Waals surface area contributed by atoms with E-state index in [0.29, 0.717) is 23.2 Å². The average molecular weight is 367 g/mol. The van der Waals surface area contributed by atoms with Crippen LogP contribution in [0.1, 0.15) is 28.1 Å². The summed E-state index contributed by atoms with van der Waals surface area (Å²) >= 11 is 1.38. The number of benzene rings is 1. The Hall–Kier alpha value is -2.41. The van der Waals surface area contributed by atoms with Gasteiger partial charge in [-0.15, -0.1) is 5.10 Å². The maximum absolute atomic E-state index is 12.6. The van der Waals surface area contributed by atoms with Gasteiger partial charge in [0.2, 0.25) is 11.1 Å². The Labute approximate surface area is 156 Å². The molecular formula is C19H21N5OS. The number of hydrogen-bond donors (Lipinski definition) is 0. The third kappa shape index (κ3) is 3.07. The van der Waals surface area contributed by atoms with Crippen LogP contribution in [0, 0.1) is 20.8 Å². The van der Waals surface area contributed by atoms with Gasteiger partial charge in [0, 0.05) is 24.5 Å². The highest BCUT2D eigenvalue weighted by Crippen LogP contribution is 2.21. The minimum Gasteiger partial charge on any atom is -0.337 e. The highest BCUT2D eigenvalue weighted by atomic mass is 32.2. The van der Waals surface area contributed by atoms with Crippen molar-refractivity contribution in [3.63, 3.8) is 0 Å². The van der Waals surface area contributed by atoms with Crippen LogP contribution in [0.15, 0.2) is 29.4 Å². The van der Waals surface area contributed by atoms with Crippen LogP contribution < -0.4 is 0 Å². The fourth-order valence-electron chi connectivity index (χ4n) is 3.22. The Morgan fingerprint density at radius 1 is 1.15 bits per heavy atom. The monoisotopic (exact) mass is 367 g/mol. The van der Waals surface area contributed by atoms with E-state index in [2.05, 4.69) is 33.3 Å². The van der Waals surface area contributed by atoms with E-state index in [9.17, 15) is 4.79 Å². The molecule has 0 spiro atoms. The van der Waals surface area contributed by atoms with Crippen molar-refractivity contribution in [2.75, 3.05) is 12.3 Å². The van der Waals surface area contributed by atoms with Gasteiger partial charge in [-0.1, -0.05) is 36.0 Å². The first-order valence-corrected chi connectivity index (χ1v) is 9.69. The van der Waals surface area contributed by atoms with Crippen molar-refractivity contribution in [1.29, 1.82) is 0 Å². The van der Waals surface area contributed by atoms with E-state index >= 15 is 0 Å². The van der Waals surface area contributed by atoms with E-state index in [-0.39, 0.29) is 5.91 Å². The minimum absolute atomic E-state index is 0.125. The van der Waals surface area contributed by atoms with E-state index in [1.54, 1.807) is 4.52 Å². The maximum atomic E-state index is 12.6. The number of thioether (sulfide) groups is 1. The van der Waals surface area contributed by atoms with Crippen molar-refractivity contribution in [2.45, 2.75) is 38.9 Å². The van der Waals surface area contributed by atoms with Gasteiger partial charge < -0.3 is 4.90 Å². The van der Waals surface area contributed by atoms with E-state index < -0.39 is 0 Å². The summed E-state index contributed by atoms with van der Waals surface area (Å²) in [5, 5.41) is 5.10. The molecule has 1 aromatic carbocycles. The van der Waals surface area contributed by atoms with E-state index in [4.69, 9.17) is 0 Å². The summed E-state index contributed by atoms with van der Waals surface area (Å²) in [5.74, 6) is 1.06. The molecule has 0 radical (unpaired) electrons. The number of carbonyl (C=O) groups is 1. The topological polar surface area (TPSA) is 63.4 Å². The second kappa shape index (κ2) is 6.72. The molecule has 26 heavy (non-hydrogen) atoms. The number of amides is 1. The van der Waals surface area contributed by atoms with Gasteiger partial charge in [0.25, 0.3) is 5.78 Å². The number of aryl methyl sites for hydroxylation is 2. The highest BCUT2D eigenvalue weighted by molar-refractivity contribution is 7.99. The number of rotatable bonds is 3. The molecule has 4 rings (SSSR count). The largest absolute Gasteiger partial charge is 0.337 e. The zero-order valence-corrected chi connectivity index (χ0v) is 16.0. The molecule has 0 N–H and O–H groups in total. The molecule has 7 heteroatoms. The average Bonchev–Trinajstić information content (AvgIpc) is 3.07. The summed E-state index contributed by atoms with van der Waals surface area (Å²) in [6.07, 6.45) is 0.918. The predicted molar refractivity (Wildman–Crippen MR) is 101 cm³/mol. The van der Waals surface area contributed by atoms with Crippen LogP contribution in [-0.2, 0) is 17.8 Å². The third-order valence-electron chi connectivity index (χ3n) is 5.05. The van der Waals surface area contributed by atoms with Crippen molar-refractivity contribution in [3.8, 4) is 0 Å². The van der Waals surface area contributed by atoms with Crippen molar-refractivity contribution >= 4 is 23.4 Å². The number of hydrogen-bond acceptors (Lipinski definition) is 5. The van der Waals surface area contributed by atoms with E-state index in [1.807, 2.05) is 31.7 Å². The number of fused-ring (bicyclic) bond motifs is 2. The second-order valence-corrected chi connectivity index (χ2v) is 7.58. The summed E-state index contributed by atoms with van der Waals surface area (Å²) in [6.45, 7) is 7.47. The maximum Gasteiger partial charge on any atom is 0.253 e. The lowest BCUT2D eigenvalue weighted by atomic mass is 10.00. The van der Waals surface area contributed by atoms with Crippen LogP contribution >= 0.6 is 11.8 Å². The molecule has 134 valence electrons. The first-order chi connectivity index (χ1) is 12.5. The number of carbonyl (C=O) groups excluding carboxylic acids is 1. The molecule has 0 aliphatic carbocycles. The predicted octanol–water partition coefficient (Wildman–Crippen LogP) is 2.73. The summed E-state index contributed by atoms with van der Waals surface area (Å²) < 4.78 is 1.76. The molecule has 0 bridgehead atoms. The van der Waals surface area contributed by atoms with Crippen LogP contribution in [0.4, 0.5) is 0 Å². The van der Waals surface area contributed by atoms with E-state index in [1.165, 1.54) is 22.9 Å². The summed E-state index contributed by atoms with van der Waals surface area (Å²) in [7, 11) is 0. The van der Waals surface area contributed by atoms with Crippen LogP contribution in [-0.4, -0.2) is 42.7 Å². The Morgan fingerprint density at radius 3 is 2.73 bits per heavy atom. The molecule has 0 saturated heterocycles. The van der Waals surface area contributed by atoms with Crippen molar-refractivity contribution in [2.24, 2.45) is 0 Å². The molecule has 3 heterocycles. The molecule has 2 aromatic heterocycles. The molecule has 0 saturated carbocycles. The summed E-state index contributed by atoms with van der Waals surface area (Å²) in [6, 6.07) is 8.33. The summed E-state index contributed by atoms with van der Waals surface area (Å²) in [4.78, 5) is 23.5. The van der Waals surface area contributed by atoms with Gasteiger partial charge in [0.05, 0.1) is 5.75 Å². The van der Waals surface area contributed by atoms with Gasteiger partial charge in [-0.25, -0.2) is 9.50 Å². The lowest BCUT2D eigenvalue weighted by Crippen LogP contribution is -2.37. The Kier molecular flexibility index (Phi) is 4.40. The molecule has 3 aromatic rings. The van der Waals surface area contributed by atoms with Crippen LogP contribution in [0.5, 0.6) is 0 Å². The molecule has 1 amide bonds.